The third kappa shape index (κ3) is 5.42. The molecule has 2 aromatic carbocycles. The van der Waals surface area contributed by atoms with E-state index in [1.54, 1.807) is 24.1 Å². The minimum Gasteiger partial charge on any atom is -0.495 e. The van der Waals surface area contributed by atoms with Crippen molar-refractivity contribution in [2.24, 2.45) is 5.92 Å². The van der Waals surface area contributed by atoms with E-state index < -0.39 is 0 Å². The molecule has 7 nitrogen and oxygen atoms in total. The highest BCUT2D eigenvalue weighted by molar-refractivity contribution is 5.95. The number of hydrogen-bond acceptors (Lipinski definition) is 5. The van der Waals surface area contributed by atoms with Gasteiger partial charge in [-0.3, -0.25) is 9.59 Å². The van der Waals surface area contributed by atoms with E-state index in [4.69, 9.17) is 13.9 Å². The molecule has 4 rings (SSSR count). The summed E-state index contributed by atoms with van der Waals surface area (Å²) in [7, 11) is 1.57. The van der Waals surface area contributed by atoms with Gasteiger partial charge in [0.25, 0.3) is 5.91 Å². The predicted octanol–water partition coefficient (Wildman–Crippen LogP) is 4.97. The third-order valence-corrected chi connectivity index (χ3v) is 6.09. The highest BCUT2D eigenvalue weighted by atomic mass is 16.5. The number of nitrogens with zero attached hydrogens (tertiary/aromatic N) is 1. The molecule has 2 heterocycles. The SMILES string of the molecule is COc1ccccc1NC(=O)C1CCN(C(=O)c2ccc(COc3ccc(C)cc3C)o2)CC1. The number of hydrogen-bond donors (Lipinski definition) is 1. The Morgan fingerprint density at radius 2 is 1.79 bits per heavy atom. The second-order valence-corrected chi connectivity index (χ2v) is 8.58. The van der Waals surface area contributed by atoms with E-state index in [1.165, 1.54) is 5.56 Å². The van der Waals surface area contributed by atoms with Crippen LogP contribution >= 0.6 is 0 Å². The summed E-state index contributed by atoms with van der Waals surface area (Å²) in [5, 5.41) is 2.94. The highest BCUT2D eigenvalue weighted by Gasteiger charge is 2.29. The summed E-state index contributed by atoms with van der Waals surface area (Å²) in [5.74, 6) is 1.92. The number of aryl methyl sites for hydroxylation is 2. The zero-order valence-corrected chi connectivity index (χ0v) is 19.8. The second kappa shape index (κ2) is 10.5. The predicted molar refractivity (Wildman–Crippen MR) is 129 cm³/mol. The maximum absolute atomic E-state index is 12.9. The Kier molecular flexibility index (Phi) is 7.21. The number of nitrogens with one attached hydrogen (secondary N) is 1. The lowest BCUT2D eigenvalue weighted by molar-refractivity contribution is -0.121. The maximum Gasteiger partial charge on any atom is 0.289 e. The van der Waals surface area contributed by atoms with Crippen molar-refractivity contribution in [2.75, 3.05) is 25.5 Å². The Morgan fingerprint density at radius 3 is 2.53 bits per heavy atom. The van der Waals surface area contributed by atoms with Crippen molar-refractivity contribution in [1.29, 1.82) is 0 Å². The van der Waals surface area contributed by atoms with E-state index in [9.17, 15) is 9.59 Å². The van der Waals surface area contributed by atoms with Crippen LogP contribution in [0.25, 0.3) is 0 Å². The molecule has 0 radical (unpaired) electrons. The summed E-state index contributed by atoms with van der Waals surface area (Å²) >= 11 is 0. The van der Waals surface area contributed by atoms with Gasteiger partial charge >= 0.3 is 0 Å². The Morgan fingerprint density at radius 1 is 1.03 bits per heavy atom. The van der Waals surface area contributed by atoms with Crippen LogP contribution < -0.4 is 14.8 Å². The van der Waals surface area contributed by atoms with Crippen molar-refractivity contribution in [3.63, 3.8) is 0 Å². The van der Waals surface area contributed by atoms with Gasteiger partial charge in [-0.1, -0.05) is 29.8 Å². The Bertz CT molecular complexity index is 1160. The van der Waals surface area contributed by atoms with Gasteiger partial charge < -0.3 is 24.1 Å². The number of likely N-dealkylation sites (tertiary alicyclic amines) is 1. The first-order chi connectivity index (χ1) is 16.4. The maximum atomic E-state index is 12.9. The topological polar surface area (TPSA) is 81.0 Å². The largest absolute Gasteiger partial charge is 0.495 e. The van der Waals surface area contributed by atoms with Crippen molar-refractivity contribution in [1.82, 2.24) is 4.90 Å². The summed E-state index contributed by atoms with van der Waals surface area (Å²) in [6, 6.07) is 16.8. The normalized spacial score (nSPS) is 14.0. The molecule has 0 saturated carbocycles. The first-order valence-corrected chi connectivity index (χ1v) is 11.5. The molecular weight excluding hydrogens is 432 g/mol. The zero-order valence-electron chi connectivity index (χ0n) is 19.8. The molecule has 0 aliphatic carbocycles. The molecule has 3 aromatic rings. The van der Waals surface area contributed by atoms with Crippen LogP contribution in [0.5, 0.6) is 11.5 Å². The summed E-state index contributed by atoms with van der Waals surface area (Å²) in [5.41, 5.74) is 2.89. The van der Waals surface area contributed by atoms with Crippen LogP contribution in [0.3, 0.4) is 0 Å². The van der Waals surface area contributed by atoms with E-state index in [1.807, 2.05) is 50.2 Å². The Labute approximate surface area is 199 Å². The number of para-hydroxylation sites is 2. The molecule has 7 heteroatoms. The van der Waals surface area contributed by atoms with Gasteiger partial charge in [-0.05, 0) is 62.6 Å². The lowest BCUT2D eigenvalue weighted by atomic mass is 9.95. The zero-order chi connectivity index (χ0) is 24.1. The van der Waals surface area contributed by atoms with Crippen molar-refractivity contribution < 1.29 is 23.5 Å². The van der Waals surface area contributed by atoms with Crippen LogP contribution in [-0.2, 0) is 11.4 Å². The number of piperidine rings is 1. The molecule has 1 aliphatic rings. The average Bonchev–Trinajstić information content (AvgIpc) is 3.32. The van der Waals surface area contributed by atoms with Gasteiger partial charge in [0, 0.05) is 19.0 Å². The van der Waals surface area contributed by atoms with Gasteiger partial charge in [0.05, 0.1) is 12.8 Å². The first-order valence-electron chi connectivity index (χ1n) is 11.5. The molecule has 1 aromatic heterocycles. The van der Waals surface area contributed by atoms with Crippen molar-refractivity contribution >= 4 is 17.5 Å². The number of rotatable bonds is 7. The summed E-state index contributed by atoms with van der Waals surface area (Å²) in [6.07, 6.45) is 1.19. The van der Waals surface area contributed by atoms with Crippen molar-refractivity contribution in [3.8, 4) is 11.5 Å². The third-order valence-electron chi connectivity index (χ3n) is 6.09. The van der Waals surface area contributed by atoms with Crippen molar-refractivity contribution in [3.05, 3.63) is 77.2 Å². The van der Waals surface area contributed by atoms with Crippen molar-refractivity contribution in [2.45, 2.75) is 33.3 Å². The van der Waals surface area contributed by atoms with E-state index in [2.05, 4.69) is 11.4 Å². The minimum atomic E-state index is -0.165. The lowest BCUT2D eigenvalue weighted by Crippen LogP contribution is -2.41. The van der Waals surface area contributed by atoms with Gasteiger partial charge in [0.1, 0.15) is 23.9 Å². The molecule has 0 atom stereocenters. The van der Waals surface area contributed by atoms with Crippen LogP contribution in [0.2, 0.25) is 0 Å². The molecule has 34 heavy (non-hydrogen) atoms. The quantitative estimate of drug-likeness (QED) is 0.536. The molecule has 0 spiro atoms. The number of furan rings is 1. The molecule has 1 aliphatic heterocycles. The van der Waals surface area contributed by atoms with Gasteiger partial charge in [-0.25, -0.2) is 0 Å². The molecule has 1 saturated heterocycles. The molecule has 0 unspecified atom stereocenters. The van der Waals surface area contributed by atoms with Gasteiger partial charge in [-0.2, -0.15) is 0 Å². The Hall–Kier alpha value is -3.74. The standard InChI is InChI=1S/C27H30N2O5/c1-18-8-10-23(19(2)16-18)33-17-21-9-11-25(34-21)27(31)29-14-12-20(13-15-29)26(30)28-22-6-4-5-7-24(22)32-3/h4-11,16,20H,12-15,17H2,1-3H3,(H,28,30). The average molecular weight is 463 g/mol. The monoisotopic (exact) mass is 462 g/mol. The molecule has 178 valence electrons. The molecule has 0 bridgehead atoms. The van der Waals surface area contributed by atoms with E-state index in [-0.39, 0.29) is 30.1 Å². The number of ether oxygens (including phenoxy) is 2. The molecule has 1 fully saturated rings. The minimum absolute atomic E-state index is 0.0552. The summed E-state index contributed by atoms with van der Waals surface area (Å²) < 4.78 is 16.9. The number of carbonyl (C=O) groups is 2. The first kappa shape index (κ1) is 23.4. The number of amides is 2. The number of carbonyl (C=O) groups excluding carboxylic acids is 2. The van der Waals surface area contributed by atoms with Crippen LogP contribution in [0.4, 0.5) is 5.69 Å². The smallest absolute Gasteiger partial charge is 0.289 e. The molecular formula is C27H30N2O5. The fourth-order valence-corrected chi connectivity index (χ4v) is 4.16. The van der Waals surface area contributed by atoms with Crippen LogP contribution in [0.15, 0.2) is 59.0 Å². The number of methoxy groups -OCH3 is 1. The fourth-order valence-electron chi connectivity index (χ4n) is 4.16. The van der Waals surface area contributed by atoms with E-state index in [0.717, 1.165) is 11.3 Å². The summed E-state index contributed by atoms with van der Waals surface area (Å²) in [4.78, 5) is 27.4. The number of benzene rings is 2. The van der Waals surface area contributed by atoms with Gasteiger partial charge in [0.15, 0.2) is 5.76 Å². The van der Waals surface area contributed by atoms with E-state index in [0.29, 0.717) is 43.1 Å². The summed E-state index contributed by atoms with van der Waals surface area (Å²) in [6.45, 7) is 5.29. The van der Waals surface area contributed by atoms with Crippen LogP contribution in [0.1, 0.15) is 40.3 Å². The van der Waals surface area contributed by atoms with Crippen LogP contribution in [-0.4, -0.2) is 36.9 Å². The molecule has 2 amide bonds. The fraction of sp³-hybridized carbons (Fsp3) is 0.333. The number of anilines is 1. The van der Waals surface area contributed by atoms with E-state index >= 15 is 0 Å². The Balaban J connectivity index is 1.29. The molecule has 1 N–H and O–H groups in total. The highest BCUT2D eigenvalue weighted by Crippen LogP contribution is 2.27. The second-order valence-electron chi connectivity index (χ2n) is 8.58. The lowest BCUT2D eigenvalue weighted by Gasteiger charge is -2.30. The van der Waals surface area contributed by atoms with Gasteiger partial charge in [-0.15, -0.1) is 0 Å². The van der Waals surface area contributed by atoms with Crippen LogP contribution in [0, 0.1) is 19.8 Å². The van der Waals surface area contributed by atoms with Gasteiger partial charge in [0.2, 0.25) is 5.91 Å².